The minimum atomic E-state index is -2.46. The van der Waals surface area contributed by atoms with Crippen LogP contribution in [0.2, 0.25) is 0 Å². The van der Waals surface area contributed by atoms with Crippen LogP contribution in [-0.2, 0) is 37.6 Å². The molecule has 3 heterocycles. The number of carbonyl (C=O) groups excluding carboxylic acids is 2. The van der Waals surface area contributed by atoms with Crippen LogP contribution in [-0.4, -0.2) is 106 Å². The number of nitrogens with one attached hydrogen (secondary N) is 1. The molecule has 1 saturated heterocycles. The van der Waals surface area contributed by atoms with Gasteiger partial charge in [0.15, 0.2) is 11.6 Å². The van der Waals surface area contributed by atoms with E-state index < -0.39 is 27.1 Å². The van der Waals surface area contributed by atoms with Gasteiger partial charge in [0, 0.05) is 20.2 Å². The summed E-state index contributed by atoms with van der Waals surface area (Å²) < 4.78 is 31.5. The van der Waals surface area contributed by atoms with Gasteiger partial charge in [-0.25, -0.2) is 14.8 Å². The zero-order valence-electron chi connectivity index (χ0n) is 21.0. The van der Waals surface area contributed by atoms with Crippen LogP contribution in [0.5, 0.6) is 0 Å². The summed E-state index contributed by atoms with van der Waals surface area (Å²) in [6.45, 7) is 3.87. The van der Waals surface area contributed by atoms with Crippen molar-refractivity contribution in [3.8, 4) is 0 Å². The zero-order chi connectivity index (χ0) is 26.6. The van der Waals surface area contributed by atoms with Gasteiger partial charge in [-0.2, -0.15) is 0 Å². The summed E-state index contributed by atoms with van der Waals surface area (Å²) >= 11 is 0. The maximum Gasteiger partial charge on any atom is 0.396 e. The SMILES string of the molecule is CCOCCOCCNC(=O)COCC(=O)OP(O)OCC1CCC(N2CN(C)c3c(N)ncnc32)O1. The molecule has 208 valence electrons. The van der Waals surface area contributed by atoms with E-state index in [4.69, 9.17) is 33.7 Å². The maximum atomic E-state index is 11.8. The lowest BCUT2D eigenvalue weighted by atomic mass is 10.2. The summed E-state index contributed by atoms with van der Waals surface area (Å²) in [6, 6.07) is 0. The molecule has 0 saturated carbocycles. The van der Waals surface area contributed by atoms with Crippen LogP contribution in [0.4, 0.5) is 17.3 Å². The lowest BCUT2D eigenvalue weighted by Crippen LogP contribution is -2.38. The van der Waals surface area contributed by atoms with E-state index in [1.165, 1.54) is 6.33 Å². The van der Waals surface area contributed by atoms with E-state index >= 15 is 0 Å². The van der Waals surface area contributed by atoms with Crippen LogP contribution in [0.3, 0.4) is 0 Å². The Morgan fingerprint density at radius 1 is 1.22 bits per heavy atom. The second-order valence-electron chi connectivity index (χ2n) is 8.18. The van der Waals surface area contributed by atoms with Crippen molar-refractivity contribution in [1.29, 1.82) is 0 Å². The molecule has 37 heavy (non-hydrogen) atoms. The monoisotopic (exact) mass is 546 g/mol. The van der Waals surface area contributed by atoms with Gasteiger partial charge in [0.2, 0.25) is 5.91 Å². The van der Waals surface area contributed by atoms with Crippen LogP contribution in [0.1, 0.15) is 19.8 Å². The van der Waals surface area contributed by atoms with Gasteiger partial charge in [0.25, 0.3) is 0 Å². The Kier molecular flexibility index (Phi) is 11.9. The van der Waals surface area contributed by atoms with E-state index in [0.29, 0.717) is 57.7 Å². The number of nitrogens with two attached hydrogens (primary N) is 1. The maximum absolute atomic E-state index is 11.8. The first-order valence-electron chi connectivity index (χ1n) is 11.9. The number of anilines is 3. The molecule has 2 aliphatic heterocycles. The molecule has 1 amide bonds. The number of fused-ring (bicyclic) bond motifs is 1. The topological polar surface area (TPSA) is 180 Å². The number of ether oxygens (including phenoxy) is 4. The van der Waals surface area contributed by atoms with Crippen LogP contribution in [0, 0.1) is 0 Å². The Labute approximate surface area is 216 Å². The summed E-state index contributed by atoms with van der Waals surface area (Å²) in [5.41, 5.74) is 6.74. The predicted molar refractivity (Wildman–Crippen MR) is 132 cm³/mol. The van der Waals surface area contributed by atoms with Crippen molar-refractivity contribution in [3.63, 3.8) is 0 Å². The molecule has 0 bridgehead atoms. The van der Waals surface area contributed by atoms with Crippen LogP contribution in [0.25, 0.3) is 0 Å². The fourth-order valence-electron chi connectivity index (χ4n) is 3.78. The smallest absolute Gasteiger partial charge is 0.393 e. The molecule has 16 heteroatoms. The summed E-state index contributed by atoms with van der Waals surface area (Å²) in [6.07, 6.45) is 2.30. The molecule has 0 spiro atoms. The minimum absolute atomic E-state index is 0.0460. The fourth-order valence-corrected chi connectivity index (χ4v) is 4.36. The normalized spacial score (nSPS) is 19.6. The number of nitrogen functional groups attached to an aromatic ring is 1. The van der Waals surface area contributed by atoms with Gasteiger partial charge in [-0.05, 0) is 19.8 Å². The predicted octanol–water partition coefficient (Wildman–Crippen LogP) is -0.257. The third-order valence-corrected chi connectivity index (χ3v) is 6.16. The van der Waals surface area contributed by atoms with Gasteiger partial charge < -0.3 is 49.2 Å². The van der Waals surface area contributed by atoms with Crippen molar-refractivity contribution >= 4 is 37.8 Å². The highest BCUT2D eigenvalue weighted by Crippen LogP contribution is 2.40. The largest absolute Gasteiger partial charge is 0.396 e. The summed E-state index contributed by atoms with van der Waals surface area (Å²) in [5.74, 6) is -0.138. The highest BCUT2D eigenvalue weighted by atomic mass is 31.2. The molecular formula is C21H35N6O9P. The van der Waals surface area contributed by atoms with Gasteiger partial charge >= 0.3 is 14.6 Å². The number of rotatable bonds is 16. The Morgan fingerprint density at radius 2 is 2.03 bits per heavy atom. The number of carbonyl (C=O) groups is 2. The van der Waals surface area contributed by atoms with Crippen molar-refractivity contribution < 1.29 is 42.5 Å². The van der Waals surface area contributed by atoms with Crippen LogP contribution in [0.15, 0.2) is 6.33 Å². The first-order chi connectivity index (χ1) is 17.9. The zero-order valence-corrected chi connectivity index (χ0v) is 21.9. The highest BCUT2D eigenvalue weighted by Gasteiger charge is 2.37. The first kappa shape index (κ1) is 29.2. The number of nitrogens with zero attached hydrogens (tertiary/aromatic N) is 4. The summed E-state index contributed by atoms with van der Waals surface area (Å²) in [4.78, 5) is 45.7. The molecule has 0 radical (unpaired) electrons. The van der Waals surface area contributed by atoms with Crippen molar-refractivity contribution in [3.05, 3.63) is 6.33 Å². The van der Waals surface area contributed by atoms with Crippen LogP contribution < -0.4 is 20.9 Å². The van der Waals surface area contributed by atoms with Gasteiger partial charge in [0.1, 0.15) is 31.5 Å². The quantitative estimate of drug-likeness (QED) is 0.182. The fraction of sp³-hybridized carbons (Fsp3) is 0.714. The van der Waals surface area contributed by atoms with E-state index in [1.807, 2.05) is 23.8 Å². The Hall–Kier alpha value is -2.39. The second kappa shape index (κ2) is 15.1. The third kappa shape index (κ3) is 9.14. The molecule has 4 N–H and O–H groups in total. The number of amides is 1. The standard InChI is InChI=1S/C21H35N6O9P/c1-3-31-8-9-32-7-6-23-16(28)11-33-12-18(29)36-37(30)34-10-15-4-5-17(35-15)27-14-26(2)19-20(22)24-13-25-21(19)27/h13,15,17,30H,3-12,14H2,1-2H3,(H,23,28)(H2,22,24,25). The molecular weight excluding hydrogens is 511 g/mol. The van der Waals surface area contributed by atoms with Gasteiger partial charge in [-0.1, -0.05) is 0 Å². The average molecular weight is 547 g/mol. The molecule has 15 nitrogen and oxygen atoms in total. The Balaban J connectivity index is 1.25. The van der Waals surface area contributed by atoms with E-state index in [1.54, 1.807) is 0 Å². The van der Waals surface area contributed by atoms with E-state index in [2.05, 4.69) is 15.3 Å². The Bertz CT molecular complexity index is 885. The molecule has 1 aromatic heterocycles. The first-order valence-corrected chi connectivity index (χ1v) is 13.1. The number of aromatic nitrogens is 2. The molecule has 3 rings (SSSR count). The van der Waals surface area contributed by atoms with E-state index in [0.717, 1.165) is 12.1 Å². The van der Waals surface area contributed by atoms with E-state index in [-0.39, 0.29) is 25.5 Å². The second-order valence-corrected chi connectivity index (χ2v) is 9.10. The molecule has 1 fully saturated rings. The molecule has 3 unspecified atom stereocenters. The number of hydrogen-bond acceptors (Lipinski definition) is 14. The summed E-state index contributed by atoms with van der Waals surface area (Å²) in [5, 5.41) is 2.59. The van der Waals surface area contributed by atoms with Crippen molar-refractivity contribution in [2.24, 2.45) is 0 Å². The molecule has 3 atom stereocenters. The summed E-state index contributed by atoms with van der Waals surface area (Å²) in [7, 11) is -0.559. The van der Waals surface area contributed by atoms with Crippen molar-refractivity contribution in [1.82, 2.24) is 15.3 Å². The van der Waals surface area contributed by atoms with Crippen LogP contribution >= 0.6 is 8.60 Å². The van der Waals surface area contributed by atoms with E-state index in [9.17, 15) is 14.5 Å². The number of hydrogen-bond donors (Lipinski definition) is 3. The van der Waals surface area contributed by atoms with Gasteiger partial charge in [-0.15, -0.1) is 0 Å². The minimum Gasteiger partial charge on any atom is -0.393 e. The lowest BCUT2D eigenvalue weighted by Gasteiger charge is -2.25. The van der Waals surface area contributed by atoms with Gasteiger partial charge in [-0.3, -0.25) is 9.32 Å². The third-order valence-electron chi connectivity index (χ3n) is 5.43. The van der Waals surface area contributed by atoms with Crippen molar-refractivity contribution in [2.45, 2.75) is 32.1 Å². The Morgan fingerprint density at radius 3 is 2.84 bits per heavy atom. The molecule has 0 aromatic carbocycles. The highest BCUT2D eigenvalue weighted by molar-refractivity contribution is 7.41. The molecule has 0 aliphatic carbocycles. The molecule has 1 aromatic rings. The average Bonchev–Trinajstić information content (AvgIpc) is 3.47. The van der Waals surface area contributed by atoms with Crippen molar-refractivity contribution in [2.75, 3.05) is 82.0 Å². The molecule has 2 aliphatic rings. The van der Waals surface area contributed by atoms with Gasteiger partial charge in [0.05, 0.1) is 39.2 Å². The lowest BCUT2D eigenvalue weighted by molar-refractivity contribution is -0.142.